The molecule has 0 aromatic heterocycles. The van der Waals surface area contributed by atoms with Crippen molar-refractivity contribution in [1.29, 1.82) is 0 Å². The number of rotatable bonds is 6. The third kappa shape index (κ3) is 215. The molecule has 0 aliphatic carbocycles. The van der Waals surface area contributed by atoms with Gasteiger partial charge in [0.25, 0.3) is 0 Å². The first kappa shape index (κ1) is 58.2. The molecule has 0 rings (SSSR count). The Morgan fingerprint density at radius 3 is 0.364 bits per heavy atom. The molecule has 0 aliphatic heterocycles. The minimum atomic E-state index is -1.23. The van der Waals surface area contributed by atoms with Gasteiger partial charge in [0.05, 0.1) is 35.8 Å². The van der Waals surface area contributed by atoms with Gasteiger partial charge in [0, 0.05) is 0 Å². The van der Waals surface area contributed by atoms with Gasteiger partial charge in [-0.1, -0.05) is 39.5 Å². The average Bonchev–Trinajstić information content (AvgIpc) is 2.69. The van der Waals surface area contributed by atoms with Gasteiger partial charge in [0.2, 0.25) is 0 Å². The number of carbonyl (C=O) groups excluding carboxylic acids is 6. The zero-order chi connectivity index (χ0) is 25.7. The second kappa shape index (κ2) is 52.8. The standard InChI is InChI=1S/6C3H4O2.3Ca/c6*1-2-3(4)5;;;/h6*2H,1H2,(H,4,5);;;/q;;;;;;3*+2/p-6. The number of hydrogen-bond acceptors (Lipinski definition) is 12. The van der Waals surface area contributed by atoms with E-state index >= 15 is 0 Å². The van der Waals surface area contributed by atoms with E-state index in [-0.39, 0.29) is 113 Å². The van der Waals surface area contributed by atoms with Crippen molar-refractivity contribution in [3.63, 3.8) is 0 Å². The minimum Gasteiger partial charge on any atom is -0.545 e. The summed E-state index contributed by atoms with van der Waals surface area (Å²) in [7, 11) is 0. The number of hydrogen-bond donors (Lipinski definition) is 0. The van der Waals surface area contributed by atoms with Gasteiger partial charge < -0.3 is 59.4 Å². The summed E-state index contributed by atoms with van der Waals surface area (Å²) in [6, 6.07) is 0. The quantitative estimate of drug-likeness (QED) is 0.223. The van der Waals surface area contributed by atoms with Crippen LogP contribution in [0.4, 0.5) is 0 Å². The second-order valence-corrected chi connectivity index (χ2v) is 3.14. The normalized spacial score (nSPS) is 5.82. The van der Waals surface area contributed by atoms with E-state index < -0.39 is 35.8 Å². The fourth-order valence-electron chi connectivity index (χ4n) is 0. The van der Waals surface area contributed by atoms with Gasteiger partial charge in [-0.25, -0.2) is 0 Å². The molecule has 0 saturated carbocycles. The molecule has 33 heavy (non-hydrogen) atoms. The summed E-state index contributed by atoms with van der Waals surface area (Å²) in [6.45, 7) is 17.4. The molecule has 0 spiro atoms. The zero-order valence-electron chi connectivity index (χ0n) is 17.7. The fraction of sp³-hybridized carbons (Fsp3) is 0. The molecule has 0 unspecified atom stereocenters. The summed E-state index contributed by atoms with van der Waals surface area (Å²) in [5.41, 5.74) is 0. The summed E-state index contributed by atoms with van der Waals surface area (Å²) in [6.07, 6.45) is 4.33. The Balaban J connectivity index is -0.0000000294. The molecular formula is C18H18Ca3O12. The number of carboxylic acids is 6. The Bertz CT molecular complexity index is 490. The largest absolute Gasteiger partial charge is 2.00 e. The SMILES string of the molecule is C=CC(=O)[O-].C=CC(=O)[O-].C=CC(=O)[O-].C=CC(=O)[O-].C=CC(=O)[O-].C=CC(=O)[O-].[Ca+2].[Ca+2].[Ca+2]. The molecular weight excluding hydrogens is 528 g/mol. The molecule has 168 valence electrons. The molecule has 0 aliphatic rings. The van der Waals surface area contributed by atoms with E-state index in [9.17, 15) is 0 Å². The van der Waals surface area contributed by atoms with Crippen molar-refractivity contribution in [1.82, 2.24) is 0 Å². The van der Waals surface area contributed by atoms with E-state index in [0.29, 0.717) is 0 Å². The third-order valence-corrected chi connectivity index (χ3v) is 1.00. The zero-order valence-corrected chi connectivity index (χ0v) is 24.4. The monoisotopic (exact) mass is 546 g/mol. The summed E-state index contributed by atoms with van der Waals surface area (Å²) < 4.78 is 0. The summed E-state index contributed by atoms with van der Waals surface area (Å²) in [4.78, 5) is 54.8. The van der Waals surface area contributed by atoms with Crippen molar-refractivity contribution in [3.05, 3.63) is 75.9 Å². The molecule has 0 aromatic carbocycles. The Hall–Kier alpha value is -0.961. The van der Waals surface area contributed by atoms with Gasteiger partial charge in [-0.05, 0) is 36.5 Å². The third-order valence-electron chi connectivity index (χ3n) is 1.00. The van der Waals surface area contributed by atoms with Crippen molar-refractivity contribution in [3.8, 4) is 0 Å². The van der Waals surface area contributed by atoms with Crippen LogP contribution in [-0.2, 0) is 28.8 Å². The van der Waals surface area contributed by atoms with Crippen LogP contribution in [0.3, 0.4) is 0 Å². The molecule has 0 aromatic rings. The van der Waals surface area contributed by atoms with Crippen molar-refractivity contribution >= 4 is 149 Å². The maximum Gasteiger partial charge on any atom is 2.00 e. The van der Waals surface area contributed by atoms with Crippen molar-refractivity contribution in [2.24, 2.45) is 0 Å². The summed E-state index contributed by atoms with van der Waals surface area (Å²) in [5, 5.41) is 54.8. The van der Waals surface area contributed by atoms with E-state index in [1.165, 1.54) is 0 Å². The molecule has 12 nitrogen and oxygen atoms in total. The van der Waals surface area contributed by atoms with E-state index in [0.717, 1.165) is 36.5 Å². The molecule has 0 atom stereocenters. The molecule has 0 amide bonds. The van der Waals surface area contributed by atoms with Crippen LogP contribution in [0.25, 0.3) is 0 Å². The first-order valence-corrected chi connectivity index (χ1v) is 6.63. The molecule has 15 heteroatoms. The summed E-state index contributed by atoms with van der Waals surface area (Å²) in [5.74, 6) is -7.39. The van der Waals surface area contributed by atoms with Crippen LogP contribution in [0.2, 0.25) is 0 Å². The Kier molecular flexibility index (Phi) is 93.0. The van der Waals surface area contributed by atoms with E-state index in [1.807, 2.05) is 0 Å². The maximum absolute atomic E-state index is 9.14. The number of carbonyl (C=O) groups is 6. The topological polar surface area (TPSA) is 241 Å². The fourth-order valence-corrected chi connectivity index (χ4v) is 0. The van der Waals surface area contributed by atoms with Crippen molar-refractivity contribution in [2.75, 3.05) is 0 Å². The van der Waals surface area contributed by atoms with Crippen LogP contribution in [0, 0.1) is 0 Å². The van der Waals surface area contributed by atoms with Gasteiger partial charge in [0.1, 0.15) is 0 Å². The van der Waals surface area contributed by atoms with Crippen LogP contribution < -0.4 is 30.6 Å². The van der Waals surface area contributed by atoms with Gasteiger partial charge >= 0.3 is 113 Å². The van der Waals surface area contributed by atoms with Gasteiger partial charge in [-0.15, -0.1) is 0 Å². The van der Waals surface area contributed by atoms with E-state index in [1.54, 1.807) is 0 Å². The molecule has 0 bridgehead atoms. The predicted octanol–water partition coefficient (Wildman–Crippen LogP) is -7.61. The average molecular weight is 547 g/mol. The van der Waals surface area contributed by atoms with Gasteiger partial charge in [-0.3, -0.25) is 0 Å². The van der Waals surface area contributed by atoms with Crippen LogP contribution in [-0.4, -0.2) is 149 Å². The number of aliphatic carboxylic acids is 6. The van der Waals surface area contributed by atoms with E-state index in [2.05, 4.69) is 39.5 Å². The van der Waals surface area contributed by atoms with Crippen LogP contribution in [0.1, 0.15) is 0 Å². The van der Waals surface area contributed by atoms with Crippen LogP contribution in [0.5, 0.6) is 0 Å². The van der Waals surface area contributed by atoms with Crippen molar-refractivity contribution < 1.29 is 59.4 Å². The smallest absolute Gasteiger partial charge is 0.545 e. The van der Waals surface area contributed by atoms with Crippen LogP contribution in [0.15, 0.2) is 75.9 Å². The summed E-state index contributed by atoms with van der Waals surface area (Å²) >= 11 is 0. The molecule has 0 heterocycles. The Morgan fingerprint density at radius 1 is 0.333 bits per heavy atom. The van der Waals surface area contributed by atoms with E-state index in [4.69, 9.17) is 59.4 Å². The molecule has 0 radical (unpaired) electrons. The van der Waals surface area contributed by atoms with Gasteiger partial charge in [0.15, 0.2) is 0 Å². The first-order chi connectivity index (χ1) is 13.6. The minimum absolute atomic E-state index is 0. The first-order valence-electron chi connectivity index (χ1n) is 6.63. The predicted molar refractivity (Wildman–Crippen MR) is 108 cm³/mol. The molecule has 0 fully saturated rings. The van der Waals surface area contributed by atoms with Gasteiger partial charge in [-0.2, -0.15) is 0 Å². The molecule has 0 saturated heterocycles. The number of carboxylic acid groups (broad SMARTS) is 6. The van der Waals surface area contributed by atoms with Crippen LogP contribution >= 0.6 is 0 Å². The Labute approximate surface area is 280 Å². The second-order valence-electron chi connectivity index (χ2n) is 3.14. The Morgan fingerprint density at radius 2 is 0.364 bits per heavy atom. The maximum atomic E-state index is 9.14. The molecule has 0 N–H and O–H groups in total. The van der Waals surface area contributed by atoms with Crippen molar-refractivity contribution in [2.45, 2.75) is 0 Å².